The number of nitrogens with one attached hydrogen (secondary N) is 2. The van der Waals surface area contributed by atoms with Crippen molar-refractivity contribution in [2.45, 2.75) is 6.54 Å². The van der Waals surface area contributed by atoms with Crippen LogP contribution in [0.5, 0.6) is 11.5 Å². The maximum absolute atomic E-state index is 12.5. The first kappa shape index (κ1) is 19.1. The third kappa shape index (κ3) is 4.96. The molecule has 30 heavy (non-hydrogen) atoms. The van der Waals surface area contributed by atoms with E-state index in [9.17, 15) is 4.79 Å². The molecule has 7 nitrogen and oxygen atoms in total. The lowest BCUT2D eigenvalue weighted by atomic mass is 10.2. The maximum Gasteiger partial charge on any atom is 0.270 e. The Morgan fingerprint density at radius 2 is 1.77 bits per heavy atom. The second-order valence-electron chi connectivity index (χ2n) is 6.37. The van der Waals surface area contributed by atoms with E-state index in [-0.39, 0.29) is 11.6 Å². The van der Waals surface area contributed by atoms with Gasteiger partial charge in [-0.15, -0.1) is 0 Å². The molecule has 4 rings (SSSR count). The summed E-state index contributed by atoms with van der Waals surface area (Å²) in [6.07, 6.45) is 4.74. The second-order valence-corrected chi connectivity index (χ2v) is 6.37. The van der Waals surface area contributed by atoms with Crippen molar-refractivity contribution in [1.82, 2.24) is 20.3 Å². The Labute approximate surface area is 173 Å². The SMILES string of the molecule is O=C(NCc1cccnc1)c1cc(Nc2ccccc2Oc2ccccc2)ncn1. The van der Waals surface area contributed by atoms with Crippen LogP contribution in [-0.2, 0) is 6.54 Å². The molecule has 0 aliphatic rings. The fourth-order valence-electron chi connectivity index (χ4n) is 2.74. The molecule has 0 fully saturated rings. The molecular weight excluding hydrogens is 378 g/mol. The van der Waals surface area contributed by atoms with Gasteiger partial charge < -0.3 is 15.4 Å². The van der Waals surface area contributed by atoms with Crippen LogP contribution in [0.2, 0.25) is 0 Å². The molecule has 0 saturated heterocycles. The van der Waals surface area contributed by atoms with Crippen molar-refractivity contribution >= 4 is 17.4 Å². The Morgan fingerprint density at radius 3 is 2.60 bits per heavy atom. The zero-order chi connectivity index (χ0) is 20.6. The molecular formula is C23H19N5O2. The standard InChI is InChI=1S/C23H19N5O2/c29-23(25-15-17-7-6-12-24-14-17)20-13-22(27-16-26-20)28-19-10-4-5-11-21(19)30-18-8-2-1-3-9-18/h1-14,16H,15H2,(H,25,29)(H,26,27,28). The number of amides is 1. The van der Waals surface area contributed by atoms with Crippen LogP contribution in [0, 0.1) is 0 Å². The van der Waals surface area contributed by atoms with Gasteiger partial charge >= 0.3 is 0 Å². The molecule has 0 aliphatic heterocycles. The van der Waals surface area contributed by atoms with Gasteiger partial charge in [0, 0.05) is 25.0 Å². The van der Waals surface area contributed by atoms with Gasteiger partial charge in [0.25, 0.3) is 5.91 Å². The van der Waals surface area contributed by atoms with E-state index >= 15 is 0 Å². The molecule has 2 heterocycles. The lowest BCUT2D eigenvalue weighted by Crippen LogP contribution is -2.24. The largest absolute Gasteiger partial charge is 0.455 e. The Bertz CT molecular complexity index is 1120. The molecule has 4 aromatic rings. The number of carbonyl (C=O) groups excluding carboxylic acids is 1. The fourth-order valence-corrected chi connectivity index (χ4v) is 2.74. The predicted molar refractivity (Wildman–Crippen MR) is 114 cm³/mol. The van der Waals surface area contributed by atoms with Crippen molar-refractivity contribution in [2.75, 3.05) is 5.32 Å². The number of ether oxygens (including phenoxy) is 1. The molecule has 2 aromatic heterocycles. The Morgan fingerprint density at radius 1 is 0.933 bits per heavy atom. The minimum atomic E-state index is -0.293. The van der Waals surface area contributed by atoms with Gasteiger partial charge in [-0.1, -0.05) is 36.4 Å². The molecule has 148 valence electrons. The maximum atomic E-state index is 12.5. The molecule has 2 N–H and O–H groups in total. The Balaban J connectivity index is 1.46. The number of anilines is 2. The number of hydrogen-bond donors (Lipinski definition) is 2. The summed E-state index contributed by atoms with van der Waals surface area (Å²) in [5.74, 6) is 1.56. The monoisotopic (exact) mass is 397 g/mol. The highest BCUT2D eigenvalue weighted by atomic mass is 16.5. The topological polar surface area (TPSA) is 89.0 Å². The van der Waals surface area contributed by atoms with E-state index in [2.05, 4.69) is 25.6 Å². The Hall–Kier alpha value is -4.26. The number of nitrogens with zero attached hydrogens (tertiary/aromatic N) is 3. The number of hydrogen-bond acceptors (Lipinski definition) is 6. The summed E-state index contributed by atoms with van der Waals surface area (Å²) < 4.78 is 5.96. The molecule has 7 heteroatoms. The number of carbonyl (C=O) groups is 1. The predicted octanol–water partition coefficient (Wildman–Crippen LogP) is 4.34. The van der Waals surface area contributed by atoms with Crippen LogP contribution in [0.1, 0.15) is 16.1 Å². The summed E-state index contributed by atoms with van der Waals surface area (Å²) in [6, 6.07) is 22.3. The summed E-state index contributed by atoms with van der Waals surface area (Å²) >= 11 is 0. The smallest absolute Gasteiger partial charge is 0.270 e. The number of rotatable bonds is 7. The van der Waals surface area contributed by atoms with Gasteiger partial charge in [0.05, 0.1) is 5.69 Å². The van der Waals surface area contributed by atoms with Crippen molar-refractivity contribution in [3.63, 3.8) is 0 Å². The zero-order valence-electron chi connectivity index (χ0n) is 16.0. The van der Waals surface area contributed by atoms with Crippen LogP contribution in [0.4, 0.5) is 11.5 Å². The lowest BCUT2D eigenvalue weighted by Gasteiger charge is -2.13. The third-order valence-corrected chi connectivity index (χ3v) is 4.20. The minimum Gasteiger partial charge on any atom is -0.455 e. The van der Waals surface area contributed by atoms with Gasteiger partial charge in [0.1, 0.15) is 23.6 Å². The summed E-state index contributed by atoms with van der Waals surface area (Å²) in [4.78, 5) is 24.8. The highest BCUT2D eigenvalue weighted by Crippen LogP contribution is 2.30. The lowest BCUT2D eigenvalue weighted by molar-refractivity contribution is 0.0945. The fraction of sp³-hybridized carbons (Fsp3) is 0.0435. The van der Waals surface area contributed by atoms with Gasteiger partial charge in [-0.3, -0.25) is 9.78 Å². The Kier molecular flexibility index (Phi) is 5.91. The van der Waals surface area contributed by atoms with Crippen LogP contribution in [0.25, 0.3) is 0 Å². The normalized spacial score (nSPS) is 10.3. The van der Waals surface area contributed by atoms with Crippen molar-refractivity contribution in [1.29, 1.82) is 0 Å². The summed E-state index contributed by atoms with van der Waals surface area (Å²) in [5, 5.41) is 6.02. The van der Waals surface area contributed by atoms with Crippen molar-refractivity contribution < 1.29 is 9.53 Å². The average Bonchev–Trinajstić information content (AvgIpc) is 2.80. The van der Waals surface area contributed by atoms with E-state index in [0.29, 0.717) is 18.1 Å². The highest BCUT2D eigenvalue weighted by molar-refractivity contribution is 5.93. The van der Waals surface area contributed by atoms with Gasteiger partial charge in [0.2, 0.25) is 0 Å². The van der Waals surface area contributed by atoms with Crippen LogP contribution < -0.4 is 15.4 Å². The molecule has 2 aromatic carbocycles. The molecule has 0 spiro atoms. The van der Waals surface area contributed by atoms with Gasteiger partial charge in [-0.05, 0) is 35.9 Å². The average molecular weight is 397 g/mol. The summed E-state index contributed by atoms with van der Waals surface area (Å²) in [5.41, 5.74) is 1.89. The first-order chi connectivity index (χ1) is 14.8. The van der Waals surface area contributed by atoms with E-state index < -0.39 is 0 Å². The summed E-state index contributed by atoms with van der Waals surface area (Å²) in [7, 11) is 0. The molecule has 0 atom stereocenters. The van der Waals surface area contributed by atoms with Crippen molar-refractivity contribution in [3.8, 4) is 11.5 Å². The van der Waals surface area contributed by atoms with E-state index in [1.807, 2.05) is 66.7 Å². The molecule has 1 amide bonds. The summed E-state index contributed by atoms with van der Waals surface area (Å²) in [6.45, 7) is 0.368. The van der Waals surface area contributed by atoms with E-state index in [1.54, 1.807) is 18.5 Å². The first-order valence-electron chi connectivity index (χ1n) is 9.36. The van der Waals surface area contributed by atoms with E-state index in [4.69, 9.17) is 4.74 Å². The van der Waals surface area contributed by atoms with Crippen LogP contribution >= 0.6 is 0 Å². The van der Waals surface area contributed by atoms with Gasteiger partial charge in [-0.2, -0.15) is 0 Å². The molecule has 0 unspecified atom stereocenters. The highest BCUT2D eigenvalue weighted by Gasteiger charge is 2.11. The molecule has 0 saturated carbocycles. The number of para-hydroxylation sites is 3. The van der Waals surface area contributed by atoms with Crippen molar-refractivity contribution in [2.24, 2.45) is 0 Å². The quantitative estimate of drug-likeness (QED) is 0.482. The molecule has 0 aliphatic carbocycles. The van der Waals surface area contributed by atoms with E-state index in [1.165, 1.54) is 6.33 Å². The number of aromatic nitrogens is 3. The number of benzene rings is 2. The van der Waals surface area contributed by atoms with Crippen LogP contribution in [0.3, 0.4) is 0 Å². The van der Waals surface area contributed by atoms with Crippen LogP contribution in [-0.4, -0.2) is 20.9 Å². The van der Waals surface area contributed by atoms with Crippen molar-refractivity contribution in [3.05, 3.63) is 103 Å². The zero-order valence-corrected chi connectivity index (χ0v) is 16.0. The van der Waals surface area contributed by atoms with Gasteiger partial charge in [0.15, 0.2) is 5.75 Å². The van der Waals surface area contributed by atoms with Crippen LogP contribution in [0.15, 0.2) is 91.5 Å². The third-order valence-electron chi connectivity index (χ3n) is 4.20. The first-order valence-corrected chi connectivity index (χ1v) is 9.36. The number of pyridine rings is 1. The molecule has 0 radical (unpaired) electrons. The minimum absolute atomic E-state index is 0.262. The van der Waals surface area contributed by atoms with Gasteiger partial charge in [-0.25, -0.2) is 9.97 Å². The van der Waals surface area contributed by atoms with E-state index in [0.717, 1.165) is 17.0 Å². The molecule has 0 bridgehead atoms. The second kappa shape index (κ2) is 9.29.